The molecule has 2 aromatic heterocycles. The van der Waals surface area contributed by atoms with Crippen molar-refractivity contribution < 1.29 is 23.3 Å². The number of carbonyl (C=O) groups is 1. The number of halogens is 1. The van der Waals surface area contributed by atoms with E-state index in [0.717, 1.165) is 29.5 Å². The Labute approximate surface area is 164 Å². The Morgan fingerprint density at radius 3 is 2.82 bits per heavy atom. The van der Waals surface area contributed by atoms with Crippen molar-refractivity contribution in [2.45, 2.75) is 20.0 Å². The highest BCUT2D eigenvalue weighted by Gasteiger charge is 2.16. The van der Waals surface area contributed by atoms with Crippen LogP contribution >= 0.6 is 11.3 Å². The highest BCUT2D eigenvalue weighted by atomic mass is 32.1. The van der Waals surface area contributed by atoms with Gasteiger partial charge in [0.2, 0.25) is 0 Å². The first kappa shape index (κ1) is 19.5. The number of hydrogen-bond acceptors (Lipinski definition) is 6. The van der Waals surface area contributed by atoms with E-state index in [4.69, 9.17) is 9.15 Å². The van der Waals surface area contributed by atoms with Crippen LogP contribution in [0.5, 0.6) is 5.75 Å². The average Bonchev–Trinajstić information content (AvgIpc) is 3.33. The number of carbonyl (C=O) groups excluding carboxylic acids is 1. The second-order valence-corrected chi connectivity index (χ2v) is 6.95. The van der Waals surface area contributed by atoms with Gasteiger partial charge in [0.25, 0.3) is 0 Å². The number of furan rings is 1. The molecular weight excluding hydrogens is 385 g/mol. The molecule has 3 aromatic rings. The van der Waals surface area contributed by atoms with E-state index in [2.05, 4.69) is 0 Å². The maximum atomic E-state index is 13.3. The van der Waals surface area contributed by atoms with Crippen LogP contribution in [0.1, 0.15) is 33.0 Å². The molecule has 0 saturated heterocycles. The van der Waals surface area contributed by atoms with E-state index < -0.39 is 10.7 Å². The summed E-state index contributed by atoms with van der Waals surface area (Å²) < 4.78 is 24.2. The van der Waals surface area contributed by atoms with Crippen molar-refractivity contribution in [1.29, 1.82) is 0 Å². The Morgan fingerprint density at radius 1 is 1.29 bits per heavy atom. The fourth-order valence-electron chi connectivity index (χ4n) is 2.41. The molecule has 0 N–H and O–H groups in total. The second kappa shape index (κ2) is 8.62. The summed E-state index contributed by atoms with van der Waals surface area (Å²) in [5, 5.41) is 11.0. The van der Waals surface area contributed by atoms with E-state index in [1.807, 2.05) is 13.0 Å². The number of ether oxygens (including phenoxy) is 1. The average molecular weight is 401 g/mol. The van der Waals surface area contributed by atoms with Crippen molar-refractivity contribution in [1.82, 2.24) is 0 Å². The molecule has 0 spiro atoms. The molecule has 3 rings (SSSR count). The number of allylic oxidation sites excluding steroid dienone is 1. The zero-order valence-corrected chi connectivity index (χ0v) is 15.7. The highest BCUT2D eigenvalue weighted by Crippen LogP contribution is 2.28. The second-order valence-electron chi connectivity index (χ2n) is 5.78. The zero-order valence-electron chi connectivity index (χ0n) is 14.9. The lowest BCUT2D eigenvalue weighted by Crippen LogP contribution is -1.99. The van der Waals surface area contributed by atoms with Gasteiger partial charge in [-0.1, -0.05) is 6.92 Å². The Bertz CT molecular complexity index is 1040. The number of aryl methyl sites for hydroxylation is 1. The van der Waals surface area contributed by atoms with Crippen molar-refractivity contribution in [2.75, 3.05) is 0 Å². The first-order valence-corrected chi connectivity index (χ1v) is 9.24. The fourth-order valence-corrected chi connectivity index (χ4v) is 3.27. The Hall–Kier alpha value is -3.26. The minimum Gasteiger partial charge on any atom is -0.479 e. The molecule has 0 atom stereocenters. The molecule has 0 aliphatic heterocycles. The monoisotopic (exact) mass is 401 g/mol. The maximum Gasteiger partial charge on any atom is 0.311 e. The number of hydrogen-bond donors (Lipinski definition) is 0. The largest absolute Gasteiger partial charge is 0.479 e. The molecule has 8 heteroatoms. The van der Waals surface area contributed by atoms with Gasteiger partial charge in [-0.05, 0) is 48.9 Å². The van der Waals surface area contributed by atoms with Crippen LogP contribution < -0.4 is 4.74 Å². The number of nitro benzene ring substituents is 1. The normalized spacial score (nSPS) is 11.1. The molecule has 0 bridgehead atoms. The third kappa shape index (κ3) is 4.72. The number of thiophene rings is 1. The smallest absolute Gasteiger partial charge is 0.311 e. The fraction of sp³-hybridized carbons (Fsp3) is 0.150. The van der Waals surface area contributed by atoms with Gasteiger partial charge in [0.1, 0.15) is 23.9 Å². The molecule has 0 unspecified atom stereocenters. The predicted octanol–water partition coefficient (Wildman–Crippen LogP) is 5.43. The summed E-state index contributed by atoms with van der Waals surface area (Å²) in [6, 6.07) is 9.98. The number of rotatable bonds is 8. The van der Waals surface area contributed by atoms with E-state index in [9.17, 15) is 19.3 Å². The molecule has 28 heavy (non-hydrogen) atoms. The van der Waals surface area contributed by atoms with Gasteiger partial charge < -0.3 is 9.15 Å². The number of nitrogens with zero attached hydrogens (tertiary/aromatic N) is 1. The molecule has 6 nitrogen and oxygen atoms in total. The predicted molar refractivity (Wildman–Crippen MR) is 103 cm³/mol. The van der Waals surface area contributed by atoms with E-state index in [0.29, 0.717) is 16.4 Å². The minimum absolute atomic E-state index is 0.114. The van der Waals surface area contributed by atoms with Gasteiger partial charge in [-0.15, -0.1) is 11.3 Å². The van der Waals surface area contributed by atoms with E-state index in [1.54, 1.807) is 24.3 Å². The van der Waals surface area contributed by atoms with Crippen molar-refractivity contribution in [3.63, 3.8) is 0 Å². The SMILES string of the molecule is CCc1ccc(C(=O)/C=C/c2ccc(COc3cc(F)ccc3[N+](=O)[O-])o2)s1. The molecule has 0 radical (unpaired) electrons. The molecule has 0 amide bonds. The first-order chi connectivity index (χ1) is 13.5. The highest BCUT2D eigenvalue weighted by molar-refractivity contribution is 7.14. The van der Waals surface area contributed by atoms with Crippen LogP contribution in [-0.2, 0) is 13.0 Å². The third-order valence-electron chi connectivity index (χ3n) is 3.82. The van der Waals surface area contributed by atoms with E-state index >= 15 is 0 Å². The van der Waals surface area contributed by atoms with E-state index in [-0.39, 0.29) is 23.8 Å². The standard InChI is InChI=1S/C20H16FNO5S/c1-2-16-7-10-20(28-16)18(23)9-6-14-4-5-15(27-14)12-26-19-11-13(21)3-8-17(19)22(24)25/h3-11H,2,12H2,1H3/b9-6+. The summed E-state index contributed by atoms with van der Waals surface area (Å²) in [5.41, 5.74) is -0.332. The Kier molecular flexibility index (Phi) is 6.00. The Morgan fingerprint density at radius 2 is 2.11 bits per heavy atom. The summed E-state index contributed by atoms with van der Waals surface area (Å²) in [6.07, 6.45) is 3.85. The number of nitro groups is 1. The summed E-state index contributed by atoms with van der Waals surface area (Å²) in [6.45, 7) is 1.91. The third-order valence-corrected chi connectivity index (χ3v) is 5.07. The van der Waals surface area contributed by atoms with Gasteiger partial charge in [0.05, 0.1) is 9.80 Å². The molecule has 2 heterocycles. The summed E-state index contributed by atoms with van der Waals surface area (Å²) in [5.74, 6) is -0.114. The molecule has 0 saturated carbocycles. The summed E-state index contributed by atoms with van der Waals surface area (Å²) >= 11 is 1.45. The van der Waals surface area contributed by atoms with Gasteiger partial charge >= 0.3 is 5.69 Å². The summed E-state index contributed by atoms with van der Waals surface area (Å²) in [4.78, 5) is 24.3. The van der Waals surface area contributed by atoms with Crippen molar-refractivity contribution >= 4 is 28.9 Å². The van der Waals surface area contributed by atoms with Crippen LogP contribution in [0.25, 0.3) is 6.08 Å². The first-order valence-electron chi connectivity index (χ1n) is 8.43. The van der Waals surface area contributed by atoms with E-state index in [1.165, 1.54) is 17.4 Å². The van der Waals surface area contributed by atoms with Gasteiger partial charge in [0.15, 0.2) is 11.5 Å². The molecule has 0 aliphatic rings. The lowest BCUT2D eigenvalue weighted by Gasteiger charge is -2.05. The molecule has 1 aromatic carbocycles. The molecular formula is C20H16FNO5S. The van der Waals surface area contributed by atoms with Crippen LogP contribution in [0, 0.1) is 15.9 Å². The van der Waals surface area contributed by atoms with Crippen LogP contribution in [-0.4, -0.2) is 10.7 Å². The maximum absolute atomic E-state index is 13.3. The van der Waals surface area contributed by atoms with Crippen molar-refractivity contribution in [3.05, 3.63) is 85.7 Å². The molecule has 144 valence electrons. The number of ketones is 1. The molecule has 0 aliphatic carbocycles. The van der Waals surface area contributed by atoms with Gasteiger partial charge in [-0.25, -0.2) is 4.39 Å². The zero-order chi connectivity index (χ0) is 20.1. The van der Waals surface area contributed by atoms with Crippen LogP contribution in [0.3, 0.4) is 0 Å². The topological polar surface area (TPSA) is 82.6 Å². The van der Waals surface area contributed by atoms with Gasteiger partial charge in [-0.2, -0.15) is 0 Å². The van der Waals surface area contributed by atoms with Crippen LogP contribution in [0.4, 0.5) is 10.1 Å². The van der Waals surface area contributed by atoms with Gasteiger partial charge in [-0.3, -0.25) is 14.9 Å². The van der Waals surface area contributed by atoms with Crippen molar-refractivity contribution in [2.24, 2.45) is 0 Å². The lowest BCUT2D eigenvalue weighted by atomic mass is 10.2. The van der Waals surface area contributed by atoms with Gasteiger partial charge in [0, 0.05) is 17.0 Å². The van der Waals surface area contributed by atoms with Crippen LogP contribution in [0.15, 0.2) is 53.0 Å². The lowest BCUT2D eigenvalue weighted by molar-refractivity contribution is -0.386. The Balaban J connectivity index is 1.64. The summed E-state index contributed by atoms with van der Waals surface area (Å²) in [7, 11) is 0. The quantitative estimate of drug-likeness (QED) is 0.218. The minimum atomic E-state index is -0.648. The van der Waals surface area contributed by atoms with Crippen LogP contribution in [0.2, 0.25) is 0 Å². The van der Waals surface area contributed by atoms with Crippen molar-refractivity contribution in [3.8, 4) is 5.75 Å². The molecule has 0 fully saturated rings. The number of benzene rings is 1.